The number of rotatable bonds is 5. The van der Waals surface area contributed by atoms with Crippen LogP contribution in [0.1, 0.15) is 25.3 Å². The molecule has 0 atom stereocenters. The van der Waals surface area contributed by atoms with Crippen molar-refractivity contribution in [1.82, 2.24) is 4.31 Å². The molecular weight excluding hydrogens is 279 g/mol. The molecule has 0 aliphatic heterocycles. The van der Waals surface area contributed by atoms with E-state index in [9.17, 15) is 21.6 Å². The number of hydrogen-bond acceptors (Lipinski definition) is 2. The lowest BCUT2D eigenvalue weighted by Crippen LogP contribution is -2.28. The van der Waals surface area contributed by atoms with Crippen molar-refractivity contribution in [2.45, 2.75) is 30.8 Å². The van der Waals surface area contributed by atoms with E-state index in [4.69, 9.17) is 0 Å². The first-order valence-corrected chi connectivity index (χ1v) is 7.27. The summed E-state index contributed by atoms with van der Waals surface area (Å²) in [5, 5.41) is 0. The molecule has 0 aliphatic rings. The second kappa shape index (κ2) is 5.92. The number of halogens is 3. The van der Waals surface area contributed by atoms with Gasteiger partial charge in [-0.15, -0.1) is 0 Å². The summed E-state index contributed by atoms with van der Waals surface area (Å²) in [5.41, 5.74) is -0.961. The van der Waals surface area contributed by atoms with Crippen molar-refractivity contribution in [2.75, 3.05) is 13.6 Å². The number of benzene rings is 1. The smallest absolute Gasteiger partial charge is 0.207 e. The van der Waals surface area contributed by atoms with Crippen LogP contribution in [-0.2, 0) is 16.2 Å². The van der Waals surface area contributed by atoms with Gasteiger partial charge in [-0.25, -0.2) is 12.7 Å². The van der Waals surface area contributed by atoms with E-state index < -0.39 is 21.8 Å². The zero-order valence-corrected chi connectivity index (χ0v) is 11.6. The Bertz CT molecular complexity index is 526. The van der Waals surface area contributed by atoms with Gasteiger partial charge in [0.05, 0.1) is 10.5 Å². The highest BCUT2D eigenvalue weighted by Crippen LogP contribution is 2.30. The van der Waals surface area contributed by atoms with Crippen molar-refractivity contribution in [2.24, 2.45) is 0 Å². The highest BCUT2D eigenvalue weighted by atomic mass is 32.2. The van der Waals surface area contributed by atoms with Crippen LogP contribution in [0, 0.1) is 0 Å². The summed E-state index contributed by atoms with van der Waals surface area (Å²) in [6.07, 6.45) is -3.08. The molecule has 0 bridgehead atoms. The van der Waals surface area contributed by atoms with Gasteiger partial charge in [-0.2, -0.15) is 13.2 Å². The molecule has 0 aromatic heterocycles. The third kappa shape index (κ3) is 3.94. The predicted molar refractivity (Wildman–Crippen MR) is 66.2 cm³/mol. The van der Waals surface area contributed by atoms with Crippen molar-refractivity contribution >= 4 is 10.0 Å². The first-order valence-electron chi connectivity index (χ1n) is 5.83. The Morgan fingerprint density at radius 2 is 1.89 bits per heavy atom. The first kappa shape index (κ1) is 16.0. The minimum absolute atomic E-state index is 0.287. The number of hydrogen-bond donors (Lipinski definition) is 0. The molecule has 0 heterocycles. The van der Waals surface area contributed by atoms with Gasteiger partial charge in [0, 0.05) is 13.6 Å². The van der Waals surface area contributed by atoms with Gasteiger partial charge in [0.1, 0.15) is 0 Å². The van der Waals surface area contributed by atoms with Crippen LogP contribution < -0.4 is 0 Å². The largest absolute Gasteiger partial charge is 0.416 e. The molecule has 19 heavy (non-hydrogen) atoms. The zero-order valence-electron chi connectivity index (χ0n) is 10.7. The van der Waals surface area contributed by atoms with Crippen molar-refractivity contribution < 1.29 is 21.6 Å². The minimum atomic E-state index is -4.55. The maximum atomic E-state index is 12.6. The predicted octanol–water partition coefficient (Wildman–Crippen LogP) is 3.13. The third-order valence-corrected chi connectivity index (χ3v) is 4.55. The van der Waals surface area contributed by atoms with E-state index in [2.05, 4.69) is 0 Å². The Labute approximate surface area is 111 Å². The Kier molecular flexibility index (Phi) is 4.98. The van der Waals surface area contributed by atoms with E-state index >= 15 is 0 Å². The molecule has 0 N–H and O–H groups in total. The maximum Gasteiger partial charge on any atom is 0.416 e. The fourth-order valence-corrected chi connectivity index (χ4v) is 2.77. The molecule has 0 fully saturated rings. The molecule has 1 aromatic carbocycles. The van der Waals surface area contributed by atoms with E-state index in [-0.39, 0.29) is 11.4 Å². The van der Waals surface area contributed by atoms with Crippen LogP contribution in [0.5, 0.6) is 0 Å². The van der Waals surface area contributed by atoms with Gasteiger partial charge in [-0.1, -0.05) is 19.4 Å². The van der Waals surface area contributed by atoms with Crippen LogP contribution in [0.2, 0.25) is 0 Å². The number of unbranched alkanes of at least 4 members (excludes halogenated alkanes) is 1. The lowest BCUT2D eigenvalue weighted by Gasteiger charge is -2.17. The van der Waals surface area contributed by atoms with Gasteiger partial charge in [0.25, 0.3) is 0 Å². The summed E-state index contributed by atoms with van der Waals surface area (Å²) < 4.78 is 62.9. The average Bonchev–Trinajstić information content (AvgIpc) is 2.35. The second-order valence-electron chi connectivity index (χ2n) is 4.21. The van der Waals surface area contributed by atoms with Gasteiger partial charge in [-0.3, -0.25) is 0 Å². The molecule has 3 nitrogen and oxygen atoms in total. The van der Waals surface area contributed by atoms with Crippen molar-refractivity contribution in [3.8, 4) is 0 Å². The van der Waals surface area contributed by atoms with Crippen molar-refractivity contribution in [3.63, 3.8) is 0 Å². The van der Waals surface area contributed by atoms with Gasteiger partial charge < -0.3 is 0 Å². The van der Waals surface area contributed by atoms with Crippen molar-refractivity contribution in [1.29, 1.82) is 0 Å². The standard InChI is InChI=1S/C12H16F3NO2S/c1-3-4-8-16(2)19(17,18)11-7-5-6-10(9-11)12(13,14)15/h5-7,9H,3-4,8H2,1-2H3. The fraction of sp³-hybridized carbons (Fsp3) is 0.500. The maximum absolute atomic E-state index is 12.6. The molecule has 0 aliphatic carbocycles. The molecule has 0 amide bonds. The SMILES string of the molecule is CCCCN(C)S(=O)(=O)c1cccc(C(F)(F)F)c1. The topological polar surface area (TPSA) is 37.4 Å². The lowest BCUT2D eigenvalue weighted by atomic mass is 10.2. The Balaban J connectivity index is 3.09. The third-order valence-electron chi connectivity index (χ3n) is 2.70. The van der Waals surface area contributed by atoms with Gasteiger partial charge in [0.15, 0.2) is 0 Å². The fourth-order valence-electron chi connectivity index (χ4n) is 1.51. The molecular formula is C12H16F3NO2S. The molecule has 0 saturated heterocycles. The summed E-state index contributed by atoms with van der Waals surface area (Å²) in [5.74, 6) is 0. The summed E-state index contributed by atoms with van der Waals surface area (Å²) in [4.78, 5) is -0.332. The highest BCUT2D eigenvalue weighted by Gasteiger charge is 2.32. The summed E-state index contributed by atoms with van der Waals surface area (Å²) in [7, 11) is -2.49. The lowest BCUT2D eigenvalue weighted by molar-refractivity contribution is -0.137. The summed E-state index contributed by atoms with van der Waals surface area (Å²) >= 11 is 0. The zero-order chi connectivity index (χ0) is 14.7. The van der Waals surface area contributed by atoms with Crippen LogP contribution in [-0.4, -0.2) is 26.3 Å². The summed E-state index contributed by atoms with van der Waals surface area (Å²) in [6.45, 7) is 2.19. The first-order chi connectivity index (χ1) is 8.69. The van der Waals surface area contributed by atoms with Crippen molar-refractivity contribution in [3.05, 3.63) is 29.8 Å². The van der Waals surface area contributed by atoms with Gasteiger partial charge >= 0.3 is 6.18 Å². The van der Waals surface area contributed by atoms with Crippen LogP contribution in [0.15, 0.2) is 29.2 Å². The molecule has 0 spiro atoms. The molecule has 0 saturated carbocycles. The highest BCUT2D eigenvalue weighted by molar-refractivity contribution is 7.89. The minimum Gasteiger partial charge on any atom is -0.207 e. The molecule has 1 rings (SSSR count). The quantitative estimate of drug-likeness (QED) is 0.837. The molecule has 1 aromatic rings. The number of alkyl halides is 3. The number of nitrogens with zero attached hydrogens (tertiary/aromatic N) is 1. The Morgan fingerprint density at radius 1 is 1.26 bits per heavy atom. The monoisotopic (exact) mass is 295 g/mol. The van der Waals surface area contributed by atoms with Crippen LogP contribution in [0.4, 0.5) is 13.2 Å². The van der Waals surface area contributed by atoms with Crippen LogP contribution in [0.3, 0.4) is 0 Å². The summed E-state index contributed by atoms with van der Waals surface area (Å²) in [6, 6.07) is 3.79. The van der Waals surface area contributed by atoms with E-state index in [1.165, 1.54) is 13.1 Å². The van der Waals surface area contributed by atoms with E-state index in [0.717, 1.165) is 22.9 Å². The number of sulfonamides is 1. The van der Waals surface area contributed by atoms with Gasteiger partial charge in [-0.05, 0) is 24.6 Å². The van der Waals surface area contributed by atoms with Crippen LogP contribution >= 0.6 is 0 Å². The van der Waals surface area contributed by atoms with E-state index in [0.29, 0.717) is 12.5 Å². The molecule has 0 unspecified atom stereocenters. The molecule has 0 radical (unpaired) electrons. The van der Waals surface area contributed by atoms with Crippen LogP contribution in [0.25, 0.3) is 0 Å². The molecule has 7 heteroatoms. The average molecular weight is 295 g/mol. The normalized spacial score (nSPS) is 12.9. The molecule has 108 valence electrons. The Morgan fingerprint density at radius 3 is 2.42 bits per heavy atom. The van der Waals surface area contributed by atoms with Gasteiger partial charge in [0.2, 0.25) is 10.0 Å². The Hall–Kier alpha value is -1.08. The van der Waals surface area contributed by atoms with E-state index in [1.807, 2.05) is 6.92 Å². The second-order valence-corrected chi connectivity index (χ2v) is 6.25. The van der Waals surface area contributed by atoms with E-state index in [1.54, 1.807) is 0 Å².